The lowest BCUT2D eigenvalue weighted by atomic mass is 10.1. The van der Waals surface area contributed by atoms with Gasteiger partial charge in [0.05, 0.1) is 11.1 Å². The van der Waals surface area contributed by atoms with Crippen molar-refractivity contribution in [1.29, 1.82) is 0 Å². The molecule has 0 spiro atoms. The summed E-state index contributed by atoms with van der Waals surface area (Å²) >= 11 is 0. The number of carbonyl (C=O) groups is 2. The van der Waals surface area contributed by atoms with Gasteiger partial charge in [0.15, 0.2) is 0 Å². The Labute approximate surface area is 112 Å². The number of nitrogens with zero attached hydrogens (tertiary/aromatic N) is 3. The van der Waals surface area contributed by atoms with Gasteiger partial charge in [-0.2, -0.15) is 15.0 Å². The van der Waals surface area contributed by atoms with Crippen molar-refractivity contribution >= 4 is 29.8 Å². The van der Waals surface area contributed by atoms with Gasteiger partial charge in [-0.3, -0.25) is 0 Å². The van der Waals surface area contributed by atoms with E-state index in [1.807, 2.05) is 0 Å². The minimum absolute atomic E-state index is 0.0417. The Hall–Kier alpha value is -3.23. The van der Waals surface area contributed by atoms with Gasteiger partial charge in [-0.1, -0.05) is 12.1 Å². The van der Waals surface area contributed by atoms with Crippen molar-refractivity contribution in [3.05, 3.63) is 35.4 Å². The van der Waals surface area contributed by atoms with Crippen molar-refractivity contribution in [3.63, 3.8) is 0 Å². The first-order valence-corrected chi connectivity index (χ1v) is 5.35. The average Bonchev–Trinajstić information content (AvgIpc) is 2.65. The van der Waals surface area contributed by atoms with E-state index < -0.39 is 11.9 Å². The summed E-state index contributed by atoms with van der Waals surface area (Å²) in [5, 5.41) is 0. The van der Waals surface area contributed by atoms with Gasteiger partial charge in [-0.15, -0.1) is 0 Å². The van der Waals surface area contributed by atoms with Crippen LogP contribution in [0.1, 0.15) is 20.7 Å². The van der Waals surface area contributed by atoms with E-state index >= 15 is 0 Å². The van der Waals surface area contributed by atoms with E-state index in [2.05, 4.69) is 19.7 Å². The largest absolute Gasteiger partial charge is 0.386 e. The van der Waals surface area contributed by atoms with Crippen LogP contribution < -0.4 is 17.2 Å². The van der Waals surface area contributed by atoms with E-state index in [1.165, 1.54) is 0 Å². The van der Waals surface area contributed by atoms with Crippen LogP contribution in [-0.4, -0.2) is 26.9 Å². The van der Waals surface area contributed by atoms with E-state index in [1.54, 1.807) is 24.3 Å². The van der Waals surface area contributed by atoms with Gasteiger partial charge in [-0.25, -0.2) is 9.59 Å². The molecule has 2 aromatic rings. The molecule has 0 radical (unpaired) electrons. The van der Waals surface area contributed by atoms with Gasteiger partial charge in [-0.05, 0) is 12.1 Å². The SMILES string of the molecule is Nc1nc(N)nc(N)n1.O=C1OC(=O)c2ccccc21. The molecule has 0 amide bonds. The number of fused-ring (bicyclic) bond motifs is 1. The predicted molar refractivity (Wildman–Crippen MR) is 69.3 cm³/mol. The Morgan fingerprint density at radius 3 is 1.45 bits per heavy atom. The van der Waals surface area contributed by atoms with Crippen molar-refractivity contribution in [2.45, 2.75) is 0 Å². The zero-order valence-electron chi connectivity index (χ0n) is 10.1. The molecule has 0 unspecified atom stereocenters. The molecule has 0 saturated heterocycles. The first-order valence-electron chi connectivity index (χ1n) is 5.35. The number of hydrogen-bond donors (Lipinski definition) is 3. The Kier molecular flexibility index (Phi) is 3.42. The van der Waals surface area contributed by atoms with Crippen molar-refractivity contribution in [2.24, 2.45) is 0 Å². The zero-order chi connectivity index (χ0) is 14.7. The number of carbonyl (C=O) groups excluding carboxylic acids is 2. The number of nitrogens with two attached hydrogens (primary N) is 3. The van der Waals surface area contributed by atoms with Crippen LogP contribution in [0.5, 0.6) is 0 Å². The van der Waals surface area contributed by atoms with E-state index in [4.69, 9.17) is 17.2 Å². The summed E-state index contributed by atoms with van der Waals surface area (Å²) in [5.74, 6) is -0.976. The minimum atomic E-state index is -0.550. The molecular weight excluding hydrogens is 264 g/mol. The number of aromatic nitrogens is 3. The molecule has 2 heterocycles. The molecule has 1 aromatic heterocycles. The topological polar surface area (TPSA) is 160 Å². The molecule has 0 aliphatic carbocycles. The van der Waals surface area contributed by atoms with Crippen LogP contribution in [0.25, 0.3) is 0 Å². The van der Waals surface area contributed by atoms with Crippen LogP contribution in [0.15, 0.2) is 24.3 Å². The zero-order valence-corrected chi connectivity index (χ0v) is 10.1. The van der Waals surface area contributed by atoms with Crippen molar-refractivity contribution in [3.8, 4) is 0 Å². The summed E-state index contributed by atoms with van der Waals surface area (Å²) in [7, 11) is 0. The number of hydrogen-bond acceptors (Lipinski definition) is 9. The maximum absolute atomic E-state index is 10.8. The van der Waals surface area contributed by atoms with Crippen LogP contribution >= 0.6 is 0 Å². The summed E-state index contributed by atoms with van der Waals surface area (Å²) in [6.45, 7) is 0. The Bertz CT molecular complexity index is 604. The molecular formula is C11H10N6O3. The Balaban J connectivity index is 0.000000151. The lowest BCUT2D eigenvalue weighted by Crippen LogP contribution is -2.05. The van der Waals surface area contributed by atoms with Crippen molar-refractivity contribution in [1.82, 2.24) is 15.0 Å². The standard InChI is InChI=1S/C8H4O3.C3H6N6/c9-7-5-3-1-2-4-6(5)8(10)11-7;4-1-7-2(5)9-3(6)8-1/h1-4H;(H6,4,5,6,7,8,9). The summed E-state index contributed by atoms with van der Waals surface area (Å²) in [4.78, 5) is 32.1. The molecule has 1 aromatic carbocycles. The molecule has 20 heavy (non-hydrogen) atoms. The summed E-state index contributed by atoms with van der Waals surface area (Å²) in [6.07, 6.45) is 0. The molecule has 0 fully saturated rings. The summed E-state index contributed by atoms with van der Waals surface area (Å²) < 4.78 is 4.35. The fraction of sp³-hybridized carbons (Fsp3) is 0. The highest BCUT2D eigenvalue weighted by atomic mass is 16.6. The highest BCUT2D eigenvalue weighted by molar-refractivity contribution is 6.14. The quantitative estimate of drug-likeness (QED) is 0.429. The number of ether oxygens (including phenoxy) is 1. The number of nitrogen functional groups attached to an aromatic ring is 3. The van der Waals surface area contributed by atoms with Crippen molar-refractivity contribution < 1.29 is 14.3 Å². The molecule has 0 saturated carbocycles. The van der Waals surface area contributed by atoms with Crippen LogP contribution in [0.2, 0.25) is 0 Å². The van der Waals surface area contributed by atoms with Crippen LogP contribution in [0, 0.1) is 0 Å². The monoisotopic (exact) mass is 274 g/mol. The van der Waals surface area contributed by atoms with E-state index in [9.17, 15) is 9.59 Å². The number of anilines is 3. The average molecular weight is 274 g/mol. The fourth-order valence-corrected chi connectivity index (χ4v) is 1.46. The first kappa shape index (κ1) is 13.2. The van der Waals surface area contributed by atoms with E-state index in [0.717, 1.165) is 0 Å². The van der Waals surface area contributed by atoms with Gasteiger partial charge < -0.3 is 21.9 Å². The van der Waals surface area contributed by atoms with E-state index in [-0.39, 0.29) is 17.8 Å². The Morgan fingerprint density at radius 2 is 1.10 bits per heavy atom. The molecule has 9 nitrogen and oxygen atoms in total. The third-order valence-electron chi connectivity index (χ3n) is 2.24. The molecule has 9 heteroatoms. The second-order valence-electron chi connectivity index (χ2n) is 3.63. The third-order valence-corrected chi connectivity index (χ3v) is 2.24. The molecule has 3 rings (SSSR count). The second kappa shape index (κ2) is 5.18. The van der Waals surface area contributed by atoms with Gasteiger partial charge in [0.1, 0.15) is 0 Å². The number of rotatable bonds is 0. The number of benzene rings is 1. The predicted octanol–water partition coefficient (Wildman–Crippen LogP) is -0.385. The minimum Gasteiger partial charge on any atom is -0.386 e. The van der Waals surface area contributed by atoms with Crippen LogP contribution in [-0.2, 0) is 4.74 Å². The molecule has 1 aliphatic heterocycles. The van der Waals surface area contributed by atoms with Crippen LogP contribution in [0.4, 0.5) is 17.8 Å². The summed E-state index contributed by atoms with van der Waals surface area (Å²) in [5.41, 5.74) is 16.1. The third kappa shape index (κ3) is 2.77. The lowest BCUT2D eigenvalue weighted by molar-refractivity contribution is 0.0444. The highest BCUT2D eigenvalue weighted by Crippen LogP contribution is 2.18. The van der Waals surface area contributed by atoms with Gasteiger partial charge in [0, 0.05) is 0 Å². The van der Waals surface area contributed by atoms with Gasteiger partial charge in [0.25, 0.3) is 0 Å². The van der Waals surface area contributed by atoms with E-state index in [0.29, 0.717) is 11.1 Å². The fourth-order valence-electron chi connectivity index (χ4n) is 1.46. The number of cyclic esters (lactones) is 2. The second-order valence-corrected chi connectivity index (χ2v) is 3.63. The molecule has 102 valence electrons. The molecule has 1 aliphatic rings. The van der Waals surface area contributed by atoms with Crippen LogP contribution in [0.3, 0.4) is 0 Å². The maximum atomic E-state index is 10.8. The van der Waals surface area contributed by atoms with Gasteiger partial charge in [0.2, 0.25) is 17.8 Å². The maximum Gasteiger partial charge on any atom is 0.346 e. The smallest absolute Gasteiger partial charge is 0.346 e. The number of esters is 2. The molecule has 0 bridgehead atoms. The first-order chi connectivity index (χ1) is 9.47. The highest BCUT2D eigenvalue weighted by Gasteiger charge is 2.28. The molecule has 0 atom stereocenters. The lowest BCUT2D eigenvalue weighted by Gasteiger charge is -1.93. The Morgan fingerprint density at radius 1 is 0.750 bits per heavy atom. The van der Waals surface area contributed by atoms with Crippen molar-refractivity contribution in [2.75, 3.05) is 17.2 Å². The summed E-state index contributed by atoms with van der Waals surface area (Å²) in [6, 6.07) is 6.53. The van der Waals surface area contributed by atoms with Gasteiger partial charge >= 0.3 is 11.9 Å². The normalized spacial score (nSPS) is 12.2. The molecule has 6 N–H and O–H groups in total.